The van der Waals surface area contributed by atoms with Crippen LogP contribution in [0.1, 0.15) is 52.0 Å². The lowest BCUT2D eigenvalue weighted by Crippen LogP contribution is -2.26. The number of aromatic nitrogens is 2. The molecule has 6 heteroatoms. The second-order valence-electron chi connectivity index (χ2n) is 6.71. The van der Waals surface area contributed by atoms with Gasteiger partial charge in [0.25, 0.3) is 5.56 Å². The highest BCUT2D eigenvalue weighted by Gasteiger charge is 2.23. The van der Waals surface area contributed by atoms with Crippen molar-refractivity contribution in [3.63, 3.8) is 0 Å². The lowest BCUT2D eigenvalue weighted by molar-refractivity contribution is 0.0697. The van der Waals surface area contributed by atoms with Crippen LogP contribution < -0.4 is 5.56 Å². The number of benzene rings is 1. The number of carbonyl (C=O) groups is 1. The summed E-state index contributed by atoms with van der Waals surface area (Å²) in [6.45, 7) is 2.50. The van der Waals surface area contributed by atoms with E-state index in [1.54, 1.807) is 40.2 Å². The van der Waals surface area contributed by atoms with Crippen LogP contribution >= 0.6 is 11.3 Å². The van der Waals surface area contributed by atoms with E-state index in [0.717, 1.165) is 53.7 Å². The summed E-state index contributed by atoms with van der Waals surface area (Å²) in [7, 11) is 0. The molecule has 3 aromatic rings. The van der Waals surface area contributed by atoms with Gasteiger partial charge in [0.1, 0.15) is 10.7 Å². The van der Waals surface area contributed by atoms with Gasteiger partial charge in [-0.25, -0.2) is 9.78 Å². The van der Waals surface area contributed by atoms with Crippen molar-refractivity contribution in [2.75, 3.05) is 0 Å². The van der Waals surface area contributed by atoms with Gasteiger partial charge in [-0.05, 0) is 48.9 Å². The van der Waals surface area contributed by atoms with Gasteiger partial charge in [-0.2, -0.15) is 0 Å². The third-order valence-corrected chi connectivity index (χ3v) is 6.10. The minimum Gasteiger partial charge on any atom is -0.478 e. The highest BCUT2D eigenvalue weighted by Crippen LogP contribution is 2.34. The molecule has 0 aliphatic heterocycles. The van der Waals surface area contributed by atoms with Crippen LogP contribution in [0.25, 0.3) is 10.2 Å². The molecule has 0 atom stereocenters. The van der Waals surface area contributed by atoms with Crippen LogP contribution in [0.3, 0.4) is 0 Å². The molecule has 5 nitrogen and oxygen atoms in total. The number of fused-ring (bicyclic) bond motifs is 3. The molecule has 2 heterocycles. The summed E-state index contributed by atoms with van der Waals surface area (Å²) in [5, 5.41) is 9.84. The monoisotopic (exact) mass is 368 g/mol. The maximum absolute atomic E-state index is 13.3. The first kappa shape index (κ1) is 17.0. The summed E-state index contributed by atoms with van der Waals surface area (Å²) in [4.78, 5) is 31.3. The summed E-state index contributed by atoms with van der Waals surface area (Å²) in [5.74, 6) is -0.135. The third-order valence-electron chi connectivity index (χ3n) is 4.92. The smallest absolute Gasteiger partial charge is 0.335 e. The largest absolute Gasteiger partial charge is 0.478 e. The average Bonchev–Trinajstić information content (AvgIpc) is 3.19. The molecule has 0 radical (unpaired) electrons. The molecule has 0 amide bonds. The Balaban J connectivity index is 1.81. The van der Waals surface area contributed by atoms with Crippen LogP contribution in [-0.4, -0.2) is 20.6 Å². The van der Waals surface area contributed by atoms with Gasteiger partial charge >= 0.3 is 5.97 Å². The summed E-state index contributed by atoms with van der Waals surface area (Å²) < 4.78 is 1.77. The number of thiophene rings is 1. The van der Waals surface area contributed by atoms with Crippen molar-refractivity contribution in [1.29, 1.82) is 0 Å². The van der Waals surface area contributed by atoms with Crippen LogP contribution in [0.2, 0.25) is 0 Å². The highest BCUT2D eigenvalue weighted by molar-refractivity contribution is 7.18. The number of carboxylic acids is 1. The molecule has 0 saturated heterocycles. The number of nitrogens with zero attached hydrogens (tertiary/aromatic N) is 2. The highest BCUT2D eigenvalue weighted by atomic mass is 32.1. The molecular weight excluding hydrogens is 348 g/mol. The molecule has 0 bridgehead atoms. The summed E-state index contributed by atoms with van der Waals surface area (Å²) in [5.41, 5.74) is 2.39. The van der Waals surface area contributed by atoms with E-state index >= 15 is 0 Å². The van der Waals surface area contributed by atoms with Crippen molar-refractivity contribution in [2.24, 2.45) is 0 Å². The van der Waals surface area contributed by atoms with E-state index in [-0.39, 0.29) is 11.1 Å². The van der Waals surface area contributed by atoms with E-state index in [9.17, 15) is 9.59 Å². The second-order valence-corrected chi connectivity index (χ2v) is 7.79. The molecule has 1 aliphatic rings. The van der Waals surface area contributed by atoms with Gasteiger partial charge in [0.05, 0.1) is 17.5 Å². The molecular formula is C20H20N2O3S. The summed E-state index contributed by atoms with van der Waals surface area (Å²) in [6.07, 6.45) is 4.80. The Morgan fingerprint density at radius 1 is 1.27 bits per heavy atom. The standard InChI is InChI=1S/C20H20N2O3S/c1-2-4-16-21-18-17(14-5-3-6-15(14)26-18)19(23)22(16)11-12-7-9-13(10-8-12)20(24)25/h7-10H,2-6,11H2,1H3,(H,24,25). The molecule has 1 N–H and O–H groups in total. The quantitative estimate of drug-likeness (QED) is 0.746. The van der Waals surface area contributed by atoms with Crippen molar-refractivity contribution in [1.82, 2.24) is 9.55 Å². The Morgan fingerprint density at radius 3 is 2.73 bits per heavy atom. The van der Waals surface area contributed by atoms with Crippen LogP contribution in [-0.2, 0) is 25.8 Å². The van der Waals surface area contributed by atoms with E-state index in [1.807, 2.05) is 0 Å². The Morgan fingerprint density at radius 2 is 2.04 bits per heavy atom. The topological polar surface area (TPSA) is 72.2 Å². The van der Waals surface area contributed by atoms with Gasteiger partial charge in [-0.15, -0.1) is 11.3 Å². The fourth-order valence-electron chi connectivity index (χ4n) is 3.63. The van der Waals surface area contributed by atoms with Crippen LogP contribution in [0.4, 0.5) is 0 Å². The van der Waals surface area contributed by atoms with Crippen LogP contribution in [0.15, 0.2) is 29.1 Å². The Kier molecular flexibility index (Phi) is 4.36. The molecule has 134 valence electrons. The molecule has 1 aromatic carbocycles. The third kappa shape index (κ3) is 2.84. The number of carboxylic acid groups (broad SMARTS) is 1. The predicted octanol–water partition coefficient (Wildman–Crippen LogP) is 3.65. The predicted molar refractivity (Wildman–Crippen MR) is 102 cm³/mol. The van der Waals surface area contributed by atoms with Crippen molar-refractivity contribution < 1.29 is 9.90 Å². The van der Waals surface area contributed by atoms with Gasteiger partial charge in [0, 0.05) is 11.3 Å². The number of rotatable bonds is 5. The molecule has 0 spiro atoms. The zero-order valence-electron chi connectivity index (χ0n) is 14.6. The Labute approximate surface area is 154 Å². The van der Waals surface area contributed by atoms with Crippen LogP contribution in [0, 0.1) is 0 Å². The first-order valence-electron chi connectivity index (χ1n) is 8.94. The molecule has 26 heavy (non-hydrogen) atoms. The average molecular weight is 368 g/mol. The normalized spacial score (nSPS) is 13.3. The number of aryl methyl sites for hydroxylation is 3. The zero-order valence-corrected chi connectivity index (χ0v) is 15.4. The van der Waals surface area contributed by atoms with Gasteiger partial charge in [-0.3, -0.25) is 9.36 Å². The SMILES string of the molecule is CCCc1nc2sc3c(c2c(=O)n1Cc1ccc(C(=O)O)cc1)CCC3. The van der Waals surface area contributed by atoms with Crippen molar-refractivity contribution in [2.45, 2.75) is 45.6 Å². The van der Waals surface area contributed by atoms with E-state index in [1.165, 1.54) is 10.4 Å². The summed E-state index contributed by atoms with van der Waals surface area (Å²) in [6, 6.07) is 6.70. The molecule has 4 rings (SSSR count). The number of hydrogen-bond donors (Lipinski definition) is 1. The van der Waals surface area contributed by atoms with Gasteiger partial charge < -0.3 is 5.11 Å². The Hall–Kier alpha value is -2.47. The zero-order chi connectivity index (χ0) is 18.3. The minimum absolute atomic E-state index is 0.0418. The minimum atomic E-state index is -0.947. The van der Waals surface area contributed by atoms with E-state index in [4.69, 9.17) is 10.1 Å². The van der Waals surface area contributed by atoms with Gasteiger partial charge in [0.2, 0.25) is 0 Å². The first-order valence-corrected chi connectivity index (χ1v) is 9.76. The van der Waals surface area contributed by atoms with Gasteiger partial charge in [0.15, 0.2) is 0 Å². The fraction of sp³-hybridized carbons (Fsp3) is 0.350. The second kappa shape index (κ2) is 6.68. The van der Waals surface area contributed by atoms with Crippen LogP contribution in [0.5, 0.6) is 0 Å². The maximum atomic E-state index is 13.3. The molecule has 2 aromatic heterocycles. The van der Waals surface area contributed by atoms with Gasteiger partial charge in [-0.1, -0.05) is 19.1 Å². The number of hydrogen-bond acceptors (Lipinski definition) is 4. The summed E-state index contributed by atoms with van der Waals surface area (Å²) >= 11 is 1.67. The fourth-order valence-corrected chi connectivity index (χ4v) is 4.90. The van der Waals surface area contributed by atoms with Crippen molar-refractivity contribution in [3.05, 3.63) is 62.0 Å². The van der Waals surface area contributed by atoms with E-state index < -0.39 is 5.97 Å². The molecule has 0 saturated carbocycles. The lowest BCUT2D eigenvalue weighted by Gasteiger charge is -2.12. The number of aromatic carboxylic acids is 1. The van der Waals surface area contributed by atoms with E-state index in [2.05, 4.69) is 6.92 Å². The van der Waals surface area contributed by atoms with Crippen molar-refractivity contribution >= 4 is 27.5 Å². The lowest BCUT2D eigenvalue weighted by atomic mass is 10.1. The molecule has 0 unspecified atom stereocenters. The maximum Gasteiger partial charge on any atom is 0.335 e. The molecule has 1 aliphatic carbocycles. The van der Waals surface area contributed by atoms with E-state index in [0.29, 0.717) is 6.54 Å². The molecule has 0 fully saturated rings. The first-order chi connectivity index (χ1) is 12.6. The van der Waals surface area contributed by atoms with Crippen molar-refractivity contribution in [3.8, 4) is 0 Å². The Bertz CT molecular complexity index is 1050.